The van der Waals surface area contributed by atoms with Crippen LogP contribution in [0, 0.1) is 0 Å². The van der Waals surface area contributed by atoms with Crippen molar-refractivity contribution >= 4 is 11.8 Å². The fraction of sp³-hybridized carbons (Fsp3) is 0.333. The van der Waals surface area contributed by atoms with Crippen molar-refractivity contribution in [1.29, 1.82) is 0 Å². The van der Waals surface area contributed by atoms with Crippen LogP contribution < -0.4 is 9.47 Å². The molecule has 11 nitrogen and oxygen atoms in total. The van der Waals surface area contributed by atoms with E-state index >= 15 is 0 Å². The normalized spacial score (nSPS) is 29.7. The Hall–Kier alpha value is -3.38. The number of carboxylic acids is 1. The van der Waals surface area contributed by atoms with Crippen molar-refractivity contribution in [1.82, 2.24) is 0 Å². The molecule has 4 rings (SSSR count). The average molecular weight is 448 g/mol. The third kappa shape index (κ3) is 3.94. The zero-order valence-corrected chi connectivity index (χ0v) is 16.4. The van der Waals surface area contributed by atoms with E-state index in [1.165, 1.54) is 18.2 Å². The van der Waals surface area contributed by atoms with Crippen molar-refractivity contribution < 1.29 is 54.4 Å². The lowest BCUT2D eigenvalue weighted by Gasteiger charge is -2.38. The van der Waals surface area contributed by atoms with Gasteiger partial charge >= 0.3 is 5.97 Å². The van der Waals surface area contributed by atoms with E-state index in [0.717, 1.165) is 6.07 Å². The molecule has 1 saturated heterocycles. The SMILES string of the molecule is O=C1C[C@@H](c2ccc(O[C@H]3O[C@@H](C(=O)O)[C@H](O)[C@@H](O)[C@@H]3O)cc2)Oc2cc(O)cc(O)c21. The third-order valence-corrected chi connectivity index (χ3v) is 5.30. The van der Waals surface area contributed by atoms with E-state index in [9.17, 15) is 35.1 Å². The lowest BCUT2D eigenvalue weighted by atomic mass is 9.95. The molecule has 6 atom stereocenters. The zero-order valence-electron chi connectivity index (χ0n) is 16.4. The van der Waals surface area contributed by atoms with Crippen LogP contribution >= 0.6 is 0 Å². The molecule has 0 amide bonds. The smallest absolute Gasteiger partial charge is 0.335 e. The van der Waals surface area contributed by atoms with Gasteiger partial charge < -0.3 is 44.8 Å². The molecule has 32 heavy (non-hydrogen) atoms. The fourth-order valence-electron chi connectivity index (χ4n) is 3.66. The first-order chi connectivity index (χ1) is 15.2. The maximum Gasteiger partial charge on any atom is 0.335 e. The van der Waals surface area contributed by atoms with Crippen LogP contribution in [0.5, 0.6) is 23.0 Å². The van der Waals surface area contributed by atoms with Gasteiger partial charge in [0.2, 0.25) is 6.29 Å². The van der Waals surface area contributed by atoms with Crippen LogP contribution in [0.25, 0.3) is 0 Å². The number of phenolic OH excluding ortho intramolecular Hbond substituents is 2. The summed E-state index contributed by atoms with van der Waals surface area (Å²) in [5.41, 5.74) is 0.569. The van der Waals surface area contributed by atoms with Gasteiger partial charge in [0, 0.05) is 12.1 Å². The molecule has 1 fully saturated rings. The first kappa shape index (κ1) is 21.8. The number of carboxylic acid groups (broad SMARTS) is 1. The topological polar surface area (TPSA) is 183 Å². The average Bonchev–Trinajstić information content (AvgIpc) is 2.73. The number of rotatable bonds is 4. The van der Waals surface area contributed by atoms with Gasteiger partial charge in [-0.25, -0.2) is 4.79 Å². The molecular formula is C21H20O11. The Morgan fingerprint density at radius 3 is 2.34 bits per heavy atom. The zero-order chi connectivity index (χ0) is 23.2. The van der Waals surface area contributed by atoms with E-state index in [2.05, 4.69) is 0 Å². The molecule has 6 N–H and O–H groups in total. The number of carbonyl (C=O) groups excluding carboxylic acids is 1. The highest BCUT2D eigenvalue weighted by Gasteiger charge is 2.48. The van der Waals surface area contributed by atoms with Crippen LogP contribution in [0.3, 0.4) is 0 Å². The van der Waals surface area contributed by atoms with E-state index in [4.69, 9.17) is 19.3 Å². The molecule has 2 aliphatic rings. The number of ether oxygens (including phenoxy) is 3. The number of Topliss-reactive ketones (excluding diaryl/α,β-unsaturated/α-hetero) is 1. The van der Waals surface area contributed by atoms with Gasteiger partial charge in [0.25, 0.3) is 0 Å². The summed E-state index contributed by atoms with van der Waals surface area (Å²) in [7, 11) is 0. The number of aliphatic carboxylic acids is 1. The van der Waals surface area contributed by atoms with Crippen LogP contribution in [0.2, 0.25) is 0 Å². The molecule has 0 aliphatic carbocycles. The predicted octanol–water partition coefficient (Wildman–Crippen LogP) is 0.0753. The first-order valence-electron chi connectivity index (χ1n) is 9.60. The second-order valence-electron chi connectivity index (χ2n) is 7.49. The maximum absolute atomic E-state index is 12.4. The molecule has 0 spiro atoms. The van der Waals surface area contributed by atoms with Crippen LogP contribution in [0.15, 0.2) is 36.4 Å². The van der Waals surface area contributed by atoms with Gasteiger partial charge in [-0.3, -0.25) is 4.79 Å². The van der Waals surface area contributed by atoms with E-state index in [1.54, 1.807) is 12.1 Å². The van der Waals surface area contributed by atoms with Crippen LogP contribution in [0.4, 0.5) is 0 Å². The lowest BCUT2D eigenvalue weighted by Crippen LogP contribution is -2.61. The minimum atomic E-state index is -1.83. The van der Waals surface area contributed by atoms with Gasteiger partial charge in [0.1, 0.15) is 53.0 Å². The minimum Gasteiger partial charge on any atom is -0.508 e. The van der Waals surface area contributed by atoms with E-state index in [0.29, 0.717) is 5.56 Å². The lowest BCUT2D eigenvalue weighted by molar-refractivity contribution is -0.271. The Balaban J connectivity index is 1.49. The Morgan fingerprint density at radius 1 is 1.00 bits per heavy atom. The summed E-state index contributed by atoms with van der Waals surface area (Å²) in [6, 6.07) is 8.34. The van der Waals surface area contributed by atoms with Crippen molar-refractivity contribution in [3.63, 3.8) is 0 Å². The number of hydrogen-bond acceptors (Lipinski definition) is 10. The van der Waals surface area contributed by atoms with Crippen molar-refractivity contribution in [3.05, 3.63) is 47.5 Å². The van der Waals surface area contributed by atoms with Gasteiger partial charge in [-0.2, -0.15) is 0 Å². The number of benzene rings is 2. The number of aromatic hydroxyl groups is 2. The molecule has 11 heteroatoms. The molecular weight excluding hydrogens is 428 g/mol. The third-order valence-electron chi connectivity index (χ3n) is 5.30. The molecule has 2 heterocycles. The number of carbonyl (C=O) groups is 2. The second kappa shape index (κ2) is 8.28. The van der Waals surface area contributed by atoms with E-state index in [-0.39, 0.29) is 40.8 Å². The first-order valence-corrected chi connectivity index (χ1v) is 9.60. The molecule has 2 aromatic rings. The number of aliphatic hydroxyl groups is 3. The molecule has 0 unspecified atom stereocenters. The maximum atomic E-state index is 12.4. The van der Waals surface area contributed by atoms with Gasteiger partial charge in [-0.1, -0.05) is 12.1 Å². The Kier molecular flexibility index (Phi) is 5.65. The van der Waals surface area contributed by atoms with Gasteiger partial charge in [-0.15, -0.1) is 0 Å². The highest BCUT2D eigenvalue weighted by molar-refractivity contribution is 6.02. The summed E-state index contributed by atoms with van der Waals surface area (Å²) in [6.07, 6.45) is -9.40. The Morgan fingerprint density at radius 2 is 1.69 bits per heavy atom. The summed E-state index contributed by atoms with van der Waals surface area (Å²) < 4.78 is 16.3. The van der Waals surface area contributed by atoms with Crippen molar-refractivity contribution in [3.8, 4) is 23.0 Å². The molecule has 0 bridgehead atoms. The summed E-state index contributed by atoms with van der Waals surface area (Å²) >= 11 is 0. The van der Waals surface area contributed by atoms with Crippen molar-refractivity contribution in [2.24, 2.45) is 0 Å². The van der Waals surface area contributed by atoms with Gasteiger partial charge in [0.05, 0.1) is 6.42 Å². The minimum absolute atomic E-state index is 0.00355. The Labute approximate surface area is 180 Å². The summed E-state index contributed by atoms with van der Waals surface area (Å²) in [5.74, 6) is -2.30. The van der Waals surface area contributed by atoms with E-state index < -0.39 is 42.8 Å². The highest BCUT2D eigenvalue weighted by Crippen LogP contribution is 2.41. The van der Waals surface area contributed by atoms with Crippen LogP contribution in [0.1, 0.15) is 28.4 Å². The standard InChI is InChI=1S/C21H20O11/c22-9-5-11(23)15-12(24)7-13(31-14(15)6-9)8-1-3-10(4-2-8)30-21-18(27)16(25)17(26)19(32-21)20(28)29/h1-6,13,16-19,21-23,25-27H,7H2,(H,28,29)/t13-,16+,17+,18-,19+,21-/m0/s1. The van der Waals surface area contributed by atoms with Crippen molar-refractivity contribution in [2.45, 2.75) is 43.2 Å². The molecule has 0 saturated carbocycles. The van der Waals surface area contributed by atoms with Gasteiger partial charge in [-0.05, 0) is 17.7 Å². The molecule has 2 aromatic carbocycles. The summed E-state index contributed by atoms with van der Waals surface area (Å²) in [6.45, 7) is 0. The number of hydrogen-bond donors (Lipinski definition) is 6. The van der Waals surface area contributed by atoms with Crippen LogP contribution in [-0.4, -0.2) is 73.1 Å². The largest absolute Gasteiger partial charge is 0.508 e. The quantitative estimate of drug-likeness (QED) is 0.372. The van der Waals surface area contributed by atoms with E-state index in [1.807, 2.05) is 0 Å². The molecule has 0 radical (unpaired) electrons. The number of ketones is 1. The van der Waals surface area contributed by atoms with Crippen molar-refractivity contribution in [2.75, 3.05) is 0 Å². The van der Waals surface area contributed by atoms with Gasteiger partial charge in [0.15, 0.2) is 11.9 Å². The summed E-state index contributed by atoms with van der Waals surface area (Å²) in [5, 5.41) is 58.3. The predicted molar refractivity (Wildman–Crippen MR) is 103 cm³/mol. The highest BCUT2D eigenvalue weighted by atomic mass is 16.7. The molecule has 170 valence electrons. The fourth-order valence-corrected chi connectivity index (χ4v) is 3.66. The number of aliphatic hydroxyl groups excluding tert-OH is 3. The number of fused-ring (bicyclic) bond motifs is 1. The monoisotopic (exact) mass is 448 g/mol. The second-order valence-corrected chi connectivity index (χ2v) is 7.49. The molecule has 2 aliphatic heterocycles. The summed E-state index contributed by atoms with van der Waals surface area (Å²) in [4.78, 5) is 23.6. The Bertz CT molecular complexity index is 1030. The molecule has 0 aromatic heterocycles. The number of phenols is 2. The van der Waals surface area contributed by atoms with Crippen LogP contribution in [-0.2, 0) is 9.53 Å².